The summed E-state index contributed by atoms with van der Waals surface area (Å²) in [6, 6.07) is 0. The molecule has 1 aliphatic rings. The molecule has 1 rings (SSSR count). The van der Waals surface area contributed by atoms with E-state index in [0.717, 1.165) is 6.42 Å². The molecule has 0 N–H and O–H groups in total. The van der Waals surface area contributed by atoms with Gasteiger partial charge in [-0.25, -0.2) is 0 Å². The first-order valence-corrected chi connectivity index (χ1v) is 6.13. The molecule has 7 heteroatoms. The highest BCUT2D eigenvalue weighted by Gasteiger charge is 2.28. The summed E-state index contributed by atoms with van der Waals surface area (Å²) in [4.78, 5) is 16.2. The van der Waals surface area contributed by atoms with Gasteiger partial charge in [0.2, 0.25) is 5.91 Å². The van der Waals surface area contributed by atoms with Crippen LogP contribution in [0.1, 0.15) is 12.8 Å². The number of amides is 1. The van der Waals surface area contributed by atoms with Gasteiger partial charge in [-0.15, -0.1) is 0 Å². The summed E-state index contributed by atoms with van der Waals surface area (Å²) in [7, 11) is 1.64. The van der Waals surface area contributed by atoms with E-state index in [9.17, 15) is 4.79 Å². The van der Waals surface area contributed by atoms with Crippen LogP contribution in [0.2, 0.25) is 0 Å². The second-order valence-electron chi connectivity index (χ2n) is 4.28. The predicted octanol–water partition coefficient (Wildman–Crippen LogP) is 1.20. The molecular formula is C11H20N4O3. The second-order valence-corrected chi connectivity index (χ2v) is 4.28. The third-order valence-corrected chi connectivity index (χ3v) is 2.85. The quantitative estimate of drug-likeness (QED) is 0.269. The van der Waals surface area contributed by atoms with E-state index in [-0.39, 0.29) is 11.8 Å². The van der Waals surface area contributed by atoms with E-state index in [4.69, 9.17) is 15.0 Å². The monoisotopic (exact) mass is 256 g/mol. The molecule has 1 fully saturated rings. The molecule has 0 aromatic rings. The number of ether oxygens (including phenoxy) is 2. The molecule has 0 aromatic carbocycles. The molecule has 18 heavy (non-hydrogen) atoms. The van der Waals surface area contributed by atoms with Crippen molar-refractivity contribution in [2.24, 2.45) is 11.0 Å². The van der Waals surface area contributed by atoms with Crippen LogP contribution in [0.15, 0.2) is 5.11 Å². The average molecular weight is 256 g/mol. The normalized spacial score (nSPS) is 19.1. The Labute approximate surface area is 107 Å². The number of hydrogen-bond acceptors (Lipinski definition) is 4. The molecule has 0 spiro atoms. The zero-order chi connectivity index (χ0) is 13.2. The number of azide groups is 1. The van der Waals surface area contributed by atoms with Gasteiger partial charge < -0.3 is 14.4 Å². The Kier molecular flexibility index (Phi) is 7.17. The molecule has 1 saturated heterocycles. The van der Waals surface area contributed by atoms with Crippen LogP contribution in [-0.2, 0) is 14.3 Å². The number of likely N-dealkylation sites (tertiary alicyclic amines) is 1. The SMILES string of the molecule is COCCOCCCN1CC(CN=[N+]=[N-])CC1=O. The first kappa shape index (κ1) is 14.8. The summed E-state index contributed by atoms with van der Waals surface area (Å²) in [5.74, 6) is 0.313. The Morgan fingerprint density at radius 3 is 3.06 bits per heavy atom. The number of methoxy groups -OCH3 is 1. The van der Waals surface area contributed by atoms with Crippen molar-refractivity contribution in [3.8, 4) is 0 Å². The molecule has 0 saturated carbocycles. The lowest BCUT2D eigenvalue weighted by molar-refractivity contribution is -0.127. The highest BCUT2D eigenvalue weighted by Crippen LogP contribution is 2.18. The topological polar surface area (TPSA) is 87.5 Å². The number of rotatable bonds is 9. The van der Waals surface area contributed by atoms with E-state index in [0.29, 0.717) is 45.9 Å². The average Bonchev–Trinajstić information content (AvgIpc) is 2.72. The molecule has 0 bridgehead atoms. The van der Waals surface area contributed by atoms with Gasteiger partial charge in [0.25, 0.3) is 0 Å². The van der Waals surface area contributed by atoms with Gasteiger partial charge in [-0.05, 0) is 17.9 Å². The maximum atomic E-state index is 11.6. The highest BCUT2D eigenvalue weighted by molar-refractivity contribution is 5.78. The minimum Gasteiger partial charge on any atom is -0.382 e. The van der Waals surface area contributed by atoms with Crippen LogP contribution >= 0.6 is 0 Å². The van der Waals surface area contributed by atoms with Gasteiger partial charge in [0.1, 0.15) is 0 Å². The van der Waals surface area contributed by atoms with Crippen LogP contribution in [0.3, 0.4) is 0 Å². The van der Waals surface area contributed by atoms with Crippen molar-refractivity contribution in [1.82, 2.24) is 4.90 Å². The first-order chi connectivity index (χ1) is 8.77. The van der Waals surface area contributed by atoms with Crippen LogP contribution in [0.4, 0.5) is 0 Å². The summed E-state index contributed by atoms with van der Waals surface area (Å²) in [5, 5.41) is 3.52. The van der Waals surface area contributed by atoms with Gasteiger partial charge in [-0.1, -0.05) is 5.11 Å². The molecule has 7 nitrogen and oxygen atoms in total. The molecule has 1 amide bonds. The molecule has 0 aliphatic carbocycles. The van der Waals surface area contributed by atoms with Gasteiger partial charge in [-0.3, -0.25) is 4.79 Å². The van der Waals surface area contributed by atoms with Gasteiger partial charge in [0, 0.05) is 44.7 Å². The molecule has 1 unspecified atom stereocenters. The smallest absolute Gasteiger partial charge is 0.222 e. The van der Waals surface area contributed by atoms with Crippen molar-refractivity contribution in [3.05, 3.63) is 10.4 Å². The van der Waals surface area contributed by atoms with Crippen LogP contribution in [0.5, 0.6) is 0 Å². The fourth-order valence-corrected chi connectivity index (χ4v) is 1.95. The van der Waals surface area contributed by atoms with Crippen molar-refractivity contribution < 1.29 is 14.3 Å². The van der Waals surface area contributed by atoms with Crippen molar-refractivity contribution >= 4 is 5.91 Å². The third kappa shape index (κ3) is 5.35. The lowest BCUT2D eigenvalue weighted by atomic mass is 10.1. The zero-order valence-corrected chi connectivity index (χ0v) is 10.7. The van der Waals surface area contributed by atoms with E-state index in [1.807, 2.05) is 4.90 Å². The molecule has 1 atom stereocenters. The molecule has 1 aliphatic heterocycles. The Morgan fingerprint density at radius 1 is 1.50 bits per heavy atom. The van der Waals surface area contributed by atoms with Crippen molar-refractivity contribution in [1.29, 1.82) is 0 Å². The van der Waals surface area contributed by atoms with E-state index >= 15 is 0 Å². The first-order valence-electron chi connectivity index (χ1n) is 6.13. The Hall–Kier alpha value is -1.30. The molecule has 0 radical (unpaired) electrons. The number of carbonyl (C=O) groups is 1. The minimum absolute atomic E-state index is 0.144. The predicted molar refractivity (Wildman–Crippen MR) is 66.0 cm³/mol. The van der Waals surface area contributed by atoms with Gasteiger partial charge in [0.05, 0.1) is 13.2 Å². The Bertz CT molecular complexity index is 305. The van der Waals surface area contributed by atoms with Crippen LogP contribution in [0.25, 0.3) is 10.4 Å². The number of hydrogen-bond donors (Lipinski definition) is 0. The highest BCUT2D eigenvalue weighted by atomic mass is 16.5. The molecule has 102 valence electrons. The summed E-state index contributed by atoms with van der Waals surface area (Å²) < 4.78 is 10.2. The zero-order valence-electron chi connectivity index (χ0n) is 10.7. The summed E-state index contributed by atoms with van der Waals surface area (Å²) >= 11 is 0. The van der Waals surface area contributed by atoms with Crippen molar-refractivity contribution in [3.63, 3.8) is 0 Å². The summed E-state index contributed by atoms with van der Waals surface area (Å²) in [6.07, 6.45) is 1.31. The number of carbonyl (C=O) groups excluding carboxylic acids is 1. The fourth-order valence-electron chi connectivity index (χ4n) is 1.95. The van der Waals surface area contributed by atoms with E-state index < -0.39 is 0 Å². The summed E-state index contributed by atoms with van der Waals surface area (Å²) in [6.45, 7) is 3.62. The lowest BCUT2D eigenvalue weighted by Gasteiger charge is -2.16. The van der Waals surface area contributed by atoms with Crippen LogP contribution in [0, 0.1) is 5.92 Å². The minimum atomic E-state index is 0.144. The van der Waals surface area contributed by atoms with Gasteiger partial charge >= 0.3 is 0 Å². The van der Waals surface area contributed by atoms with Crippen molar-refractivity contribution in [2.45, 2.75) is 12.8 Å². The lowest BCUT2D eigenvalue weighted by Crippen LogP contribution is -2.27. The second kappa shape index (κ2) is 8.74. The standard InChI is InChI=1S/C11H20N4O3/c1-17-5-6-18-4-2-3-15-9-10(7-11(15)16)8-13-14-12/h10H,2-9H2,1H3. The maximum Gasteiger partial charge on any atom is 0.222 e. The van der Waals surface area contributed by atoms with Crippen LogP contribution in [-0.4, -0.2) is 57.4 Å². The summed E-state index contributed by atoms with van der Waals surface area (Å²) in [5.41, 5.74) is 8.24. The maximum absolute atomic E-state index is 11.6. The van der Waals surface area contributed by atoms with Crippen LogP contribution < -0.4 is 0 Å². The van der Waals surface area contributed by atoms with Gasteiger partial charge in [-0.2, -0.15) is 0 Å². The third-order valence-electron chi connectivity index (χ3n) is 2.85. The Balaban J connectivity index is 2.11. The molecule has 1 heterocycles. The molecule has 0 aromatic heterocycles. The van der Waals surface area contributed by atoms with Crippen molar-refractivity contribution in [2.75, 3.05) is 46.6 Å². The fraction of sp³-hybridized carbons (Fsp3) is 0.909. The van der Waals surface area contributed by atoms with E-state index in [1.54, 1.807) is 7.11 Å². The van der Waals surface area contributed by atoms with E-state index in [2.05, 4.69) is 10.0 Å². The molecular weight excluding hydrogens is 236 g/mol. The van der Waals surface area contributed by atoms with E-state index in [1.165, 1.54) is 0 Å². The van der Waals surface area contributed by atoms with Gasteiger partial charge in [0.15, 0.2) is 0 Å². The number of nitrogens with zero attached hydrogens (tertiary/aromatic N) is 4. The largest absolute Gasteiger partial charge is 0.382 e. The Morgan fingerprint density at radius 2 is 2.33 bits per heavy atom.